The first-order valence-electron chi connectivity index (χ1n) is 4.55. The van der Waals surface area contributed by atoms with Crippen molar-refractivity contribution < 1.29 is 30.0 Å². The third kappa shape index (κ3) is 3.35. The SMILES string of the molecule is CC(=O)N[C@H]1C(O)O[C@H](CO)[C@@H](O)[C@@H]1O.P. The molecule has 7 nitrogen and oxygen atoms in total. The molecule has 1 saturated heterocycles. The maximum absolute atomic E-state index is 10.7. The Balaban J connectivity index is 0.00000225. The molecule has 1 fully saturated rings. The highest BCUT2D eigenvalue weighted by molar-refractivity contribution is 6.92. The Morgan fingerprint density at radius 1 is 1.31 bits per heavy atom. The van der Waals surface area contributed by atoms with Gasteiger partial charge in [-0.2, -0.15) is 9.90 Å². The summed E-state index contributed by atoms with van der Waals surface area (Å²) >= 11 is 0. The molecule has 0 aromatic heterocycles. The normalized spacial score (nSPS) is 38.7. The summed E-state index contributed by atoms with van der Waals surface area (Å²) in [7, 11) is 0. The molecule has 0 aromatic carbocycles. The van der Waals surface area contributed by atoms with Crippen molar-refractivity contribution in [2.24, 2.45) is 0 Å². The molecule has 0 aromatic rings. The Kier molecular flexibility index (Phi) is 6.32. The molecule has 16 heavy (non-hydrogen) atoms. The van der Waals surface area contributed by atoms with Gasteiger partial charge in [0.2, 0.25) is 5.91 Å². The zero-order valence-corrected chi connectivity index (χ0v) is 10.3. The average molecular weight is 255 g/mol. The lowest BCUT2D eigenvalue weighted by molar-refractivity contribution is -0.253. The van der Waals surface area contributed by atoms with E-state index < -0.39 is 43.2 Å². The van der Waals surface area contributed by atoms with E-state index in [1.165, 1.54) is 6.92 Å². The van der Waals surface area contributed by atoms with Crippen LogP contribution >= 0.6 is 9.90 Å². The second kappa shape index (κ2) is 6.44. The average Bonchev–Trinajstić information content (AvgIpc) is 2.18. The van der Waals surface area contributed by atoms with Gasteiger partial charge in [0.25, 0.3) is 0 Å². The number of rotatable bonds is 2. The van der Waals surface area contributed by atoms with Crippen LogP contribution in [-0.4, -0.2) is 63.6 Å². The lowest BCUT2D eigenvalue weighted by Gasteiger charge is -2.40. The monoisotopic (exact) mass is 255 g/mol. The van der Waals surface area contributed by atoms with E-state index in [9.17, 15) is 20.1 Å². The summed E-state index contributed by atoms with van der Waals surface area (Å²) in [6.07, 6.45) is -5.24. The molecule has 1 rings (SSSR count). The topological polar surface area (TPSA) is 119 Å². The second-order valence-corrected chi connectivity index (χ2v) is 3.46. The van der Waals surface area contributed by atoms with Crippen molar-refractivity contribution in [1.82, 2.24) is 5.32 Å². The van der Waals surface area contributed by atoms with Crippen molar-refractivity contribution >= 4 is 15.8 Å². The second-order valence-electron chi connectivity index (χ2n) is 3.46. The van der Waals surface area contributed by atoms with E-state index in [0.29, 0.717) is 0 Å². The number of aliphatic hydroxyl groups excluding tert-OH is 4. The van der Waals surface area contributed by atoms with Crippen LogP contribution in [0.4, 0.5) is 0 Å². The molecule has 0 bridgehead atoms. The highest BCUT2D eigenvalue weighted by atomic mass is 31.0. The van der Waals surface area contributed by atoms with Gasteiger partial charge in [0.1, 0.15) is 24.4 Å². The van der Waals surface area contributed by atoms with Crippen LogP contribution in [0.1, 0.15) is 6.92 Å². The van der Waals surface area contributed by atoms with Crippen molar-refractivity contribution in [2.75, 3.05) is 6.61 Å². The maximum atomic E-state index is 10.7. The summed E-state index contributed by atoms with van der Waals surface area (Å²) in [6.45, 7) is 0.687. The number of hydrogen-bond acceptors (Lipinski definition) is 6. The minimum atomic E-state index is -1.45. The summed E-state index contributed by atoms with van der Waals surface area (Å²) in [5.74, 6) is -0.462. The largest absolute Gasteiger partial charge is 0.394 e. The molecule has 1 aliphatic rings. The Hall–Kier alpha value is -0.300. The molecule has 1 amide bonds. The van der Waals surface area contributed by atoms with Gasteiger partial charge in [-0.15, -0.1) is 0 Å². The van der Waals surface area contributed by atoms with Gasteiger partial charge in [0, 0.05) is 6.92 Å². The summed E-state index contributed by atoms with van der Waals surface area (Å²) in [5.41, 5.74) is 0. The van der Waals surface area contributed by atoms with Gasteiger partial charge in [0.05, 0.1) is 6.61 Å². The summed E-state index contributed by atoms with van der Waals surface area (Å²) in [4.78, 5) is 10.7. The molecular weight excluding hydrogens is 237 g/mol. The predicted molar refractivity (Wildman–Crippen MR) is 58.7 cm³/mol. The summed E-state index contributed by atoms with van der Waals surface area (Å²) in [6, 6.07) is -1.10. The van der Waals surface area contributed by atoms with Gasteiger partial charge >= 0.3 is 0 Å². The predicted octanol–water partition coefficient (Wildman–Crippen LogP) is -3.02. The standard InChI is InChI=1S/C8H15NO6.H3P/c1-3(11)9-5-7(13)6(12)4(2-10)15-8(5)14;/h4-8,10,12-14H,2H2,1H3,(H,9,11);1H3/t4-,5-,6-,7-,8?;/m1./s1. The molecule has 5 N–H and O–H groups in total. The highest BCUT2D eigenvalue weighted by Gasteiger charge is 2.43. The van der Waals surface area contributed by atoms with Crippen LogP contribution in [-0.2, 0) is 9.53 Å². The molecular formula is C8H18NO6P. The molecule has 0 radical (unpaired) electrons. The van der Waals surface area contributed by atoms with Crippen LogP contribution in [0.5, 0.6) is 0 Å². The fraction of sp³-hybridized carbons (Fsp3) is 0.875. The Morgan fingerprint density at radius 3 is 2.31 bits per heavy atom. The molecule has 1 heterocycles. The van der Waals surface area contributed by atoms with Crippen molar-refractivity contribution in [2.45, 2.75) is 37.6 Å². The zero-order chi connectivity index (χ0) is 11.6. The number of carbonyl (C=O) groups excluding carboxylic acids is 1. The Morgan fingerprint density at radius 2 is 1.88 bits per heavy atom. The molecule has 6 atom stereocenters. The first-order valence-corrected chi connectivity index (χ1v) is 4.55. The quantitative estimate of drug-likeness (QED) is 0.335. The maximum Gasteiger partial charge on any atom is 0.217 e. The number of ether oxygens (including phenoxy) is 1. The summed E-state index contributed by atoms with van der Waals surface area (Å²) in [5, 5.41) is 39.4. The van der Waals surface area contributed by atoms with Gasteiger partial charge in [-0.1, -0.05) is 0 Å². The van der Waals surface area contributed by atoms with Crippen molar-refractivity contribution in [3.05, 3.63) is 0 Å². The van der Waals surface area contributed by atoms with E-state index in [0.717, 1.165) is 0 Å². The van der Waals surface area contributed by atoms with Crippen molar-refractivity contribution in [1.29, 1.82) is 0 Å². The fourth-order valence-electron chi connectivity index (χ4n) is 1.49. The van der Waals surface area contributed by atoms with Gasteiger partial charge in [-0.05, 0) is 0 Å². The minimum Gasteiger partial charge on any atom is -0.394 e. The Labute approximate surface area is 96.0 Å². The van der Waals surface area contributed by atoms with Gasteiger partial charge in [0.15, 0.2) is 6.29 Å². The van der Waals surface area contributed by atoms with E-state index >= 15 is 0 Å². The smallest absolute Gasteiger partial charge is 0.217 e. The van der Waals surface area contributed by atoms with Crippen LogP contribution in [0.2, 0.25) is 0 Å². The van der Waals surface area contributed by atoms with Crippen LogP contribution in [0.3, 0.4) is 0 Å². The number of nitrogens with one attached hydrogen (secondary N) is 1. The fourth-order valence-corrected chi connectivity index (χ4v) is 1.49. The first-order chi connectivity index (χ1) is 6.97. The van der Waals surface area contributed by atoms with Crippen LogP contribution in [0, 0.1) is 0 Å². The summed E-state index contributed by atoms with van der Waals surface area (Å²) < 4.78 is 4.81. The minimum absolute atomic E-state index is 0. The third-order valence-electron chi connectivity index (χ3n) is 2.27. The highest BCUT2D eigenvalue weighted by Crippen LogP contribution is 2.19. The van der Waals surface area contributed by atoms with Gasteiger partial charge in [-0.25, -0.2) is 0 Å². The van der Waals surface area contributed by atoms with Crippen LogP contribution < -0.4 is 5.32 Å². The van der Waals surface area contributed by atoms with Crippen LogP contribution in [0.15, 0.2) is 0 Å². The lowest BCUT2D eigenvalue weighted by Crippen LogP contribution is -2.63. The number of carbonyl (C=O) groups is 1. The van der Waals surface area contributed by atoms with E-state index in [-0.39, 0.29) is 9.90 Å². The van der Waals surface area contributed by atoms with E-state index in [4.69, 9.17) is 9.84 Å². The number of aliphatic hydroxyl groups is 4. The first kappa shape index (κ1) is 15.7. The lowest BCUT2D eigenvalue weighted by atomic mass is 9.97. The van der Waals surface area contributed by atoms with E-state index in [1.807, 2.05) is 0 Å². The molecule has 0 spiro atoms. The molecule has 1 aliphatic heterocycles. The molecule has 8 heteroatoms. The number of hydrogen-bond donors (Lipinski definition) is 5. The molecule has 2 unspecified atom stereocenters. The Bertz CT molecular complexity index is 241. The molecule has 96 valence electrons. The molecule has 0 aliphatic carbocycles. The van der Waals surface area contributed by atoms with Crippen molar-refractivity contribution in [3.63, 3.8) is 0 Å². The van der Waals surface area contributed by atoms with Gasteiger partial charge < -0.3 is 30.5 Å². The van der Waals surface area contributed by atoms with Crippen LogP contribution in [0.25, 0.3) is 0 Å². The molecule has 0 saturated carbocycles. The van der Waals surface area contributed by atoms with E-state index in [1.54, 1.807) is 0 Å². The third-order valence-corrected chi connectivity index (χ3v) is 2.27. The van der Waals surface area contributed by atoms with Gasteiger partial charge in [-0.3, -0.25) is 4.79 Å². The van der Waals surface area contributed by atoms with E-state index in [2.05, 4.69) is 5.32 Å². The zero-order valence-electron chi connectivity index (χ0n) is 8.91. The van der Waals surface area contributed by atoms with Crippen molar-refractivity contribution in [3.8, 4) is 0 Å². The number of amides is 1.